The fourth-order valence-corrected chi connectivity index (χ4v) is 2.98. The Morgan fingerprint density at radius 3 is 2.82 bits per heavy atom. The molecule has 22 heavy (non-hydrogen) atoms. The van der Waals surface area contributed by atoms with Gasteiger partial charge in [-0.05, 0) is 48.8 Å². The quantitative estimate of drug-likeness (QED) is 0.865. The van der Waals surface area contributed by atoms with Gasteiger partial charge in [0.25, 0.3) is 0 Å². The van der Waals surface area contributed by atoms with Crippen molar-refractivity contribution in [1.29, 1.82) is 0 Å². The molecular formula is C17H20O5. The maximum absolute atomic E-state index is 11.7. The summed E-state index contributed by atoms with van der Waals surface area (Å²) < 4.78 is 11.3. The molecule has 2 N–H and O–H groups in total. The van der Waals surface area contributed by atoms with Gasteiger partial charge in [0.1, 0.15) is 11.9 Å². The lowest BCUT2D eigenvalue weighted by atomic mass is 9.91. The minimum atomic E-state index is -0.895. The molecule has 4 atom stereocenters. The summed E-state index contributed by atoms with van der Waals surface area (Å²) in [5.74, 6) is 0.685. The smallest absolute Gasteiger partial charge is 0.202 e. The number of fused-ring (bicyclic) bond motifs is 1. The van der Waals surface area contributed by atoms with Crippen LogP contribution in [-0.2, 0) is 16.0 Å². The van der Waals surface area contributed by atoms with Crippen LogP contribution in [0.15, 0.2) is 24.3 Å². The summed E-state index contributed by atoms with van der Waals surface area (Å²) in [5, 5.41) is 19.5. The normalized spacial score (nSPS) is 31.5. The van der Waals surface area contributed by atoms with Gasteiger partial charge in [0.2, 0.25) is 6.29 Å². The standard InChI is InChI=1S/C17H20O5/c1-9-5-12(18)6-11-7-13(3-4-14(9)11)22-16-8-15(19)17(20)10(2)21-16/h3-5,7,10,15-17,19-20H,6,8H2,1-2H3/t10-,15-,16-,17+/m0/s1. The lowest BCUT2D eigenvalue weighted by molar-refractivity contribution is -0.216. The molecule has 5 heteroatoms. The van der Waals surface area contributed by atoms with Gasteiger partial charge in [-0.2, -0.15) is 0 Å². The van der Waals surface area contributed by atoms with Crippen molar-refractivity contribution in [2.75, 3.05) is 0 Å². The van der Waals surface area contributed by atoms with E-state index in [0.717, 1.165) is 16.7 Å². The monoisotopic (exact) mass is 304 g/mol. The van der Waals surface area contributed by atoms with Crippen LogP contribution in [0.5, 0.6) is 5.75 Å². The molecule has 1 aliphatic carbocycles. The Kier molecular flexibility index (Phi) is 4.04. The second kappa shape index (κ2) is 5.83. The van der Waals surface area contributed by atoms with Crippen LogP contribution in [0.3, 0.4) is 0 Å². The molecule has 1 heterocycles. The summed E-state index contributed by atoms with van der Waals surface area (Å²) in [7, 11) is 0. The second-order valence-electron chi connectivity index (χ2n) is 5.97. The number of benzene rings is 1. The van der Waals surface area contributed by atoms with Gasteiger partial charge in [-0.15, -0.1) is 0 Å². The Morgan fingerprint density at radius 2 is 2.09 bits per heavy atom. The van der Waals surface area contributed by atoms with Gasteiger partial charge in [-0.1, -0.05) is 6.07 Å². The van der Waals surface area contributed by atoms with Crippen molar-refractivity contribution >= 4 is 11.4 Å². The SMILES string of the molecule is CC1=CC(=O)Cc2cc(O[C@H]3C[C@H](O)[C@H](O)[C@H](C)O3)ccc21. The molecule has 1 aromatic carbocycles. The fraction of sp³-hybridized carbons (Fsp3) is 0.471. The van der Waals surface area contributed by atoms with Crippen molar-refractivity contribution in [3.63, 3.8) is 0 Å². The molecule has 1 aliphatic heterocycles. The number of carbonyl (C=O) groups is 1. The molecule has 3 rings (SSSR count). The molecule has 1 saturated heterocycles. The number of hydrogen-bond donors (Lipinski definition) is 2. The first-order chi connectivity index (χ1) is 10.4. The molecule has 5 nitrogen and oxygen atoms in total. The van der Waals surface area contributed by atoms with Gasteiger partial charge >= 0.3 is 0 Å². The molecule has 0 spiro atoms. The van der Waals surface area contributed by atoms with E-state index in [1.165, 1.54) is 0 Å². The largest absolute Gasteiger partial charge is 0.465 e. The number of allylic oxidation sites excluding steroid dienone is 2. The van der Waals surface area contributed by atoms with E-state index in [0.29, 0.717) is 12.2 Å². The van der Waals surface area contributed by atoms with Gasteiger partial charge in [0.05, 0.1) is 12.2 Å². The first-order valence-electron chi connectivity index (χ1n) is 7.46. The van der Waals surface area contributed by atoms with Crippen LogP contribution >= 0.6 is 0 Å². The predicted molar refractivity (Wildman–Crippen MR) is 80.4 cm³/mol. The molecule has 0 aromatic heterocycles. The molecule has 0 bridgehead atoms. The summed E-state index contributed by atoms with van der Waals surface area (Å²) in [6.07, 6.45) is -0.618. The average Bonchev–Trinajstić information content (AvgIpc) is 2.44. The summed E-state index contributed by atoms with van der Waals surface area (Å²) >= 11 is 0. The minimum Gasteiger partial charge on any atom is -0.465 e. The van der Waals surface area contributed by atoms with E-state index in [-0.39, 0.29) is 12.2 Å². The Morgan fingerprint density at radius 1 is 1.32 bits per heavy atom. The van der Waals surface area contributed by atoms with E-state index < -0.39 is 24.6 Å². The number of ketones is 1. The van der Waals surface area contributed by atoms with Crippen LogP contribution in [-0.4, -0.2) is 40.6 Å². The highest BCUT2D eigenvalue weighted by atomic mass is 16.7. The van der Waals surface area contributed by atoms with E-state index in [1.807, 2.05) is 25.1 Å². The Bertz CT molecular complexity index is 609. The number of rotatable bonds is 2. The molecular weight excluding hydrogens is 284 g/mol. The number of aliphatic hydroxyl groups is 2. The first kappa shape index (κ1) is 15.2. The third-order valence-electron chi connectivity index (χ3n) is 4.19. The highest BCUT2D eigenvalue weighted by Crippen LogP contribution is 2.30. The summed E-state index contributed by atoms with van der Waals surface area (Å²) in [4.78, 5) is 11.7. The minimum absolute atomic E-state index is 0.0863. The Hall–Kier alpha value is -1.69. The second-order valence-corrected chi connectivity index (χ2v) is 5.97. The van der Waals surface area contributed by atoms with Gasteiger partial charge < -0.3 is 19.7 Å². The molecule has 0 radical (unpaired) electrons. The fourth-order valence-electron chi connectivity index (χ4n) is 2.98. The zero-order chi connectivity index (χ0) is 15.9. The molecule has 0 amide bonds. The van der Waals surface area contributed by atoms with Crippen molar-refractivity contribution in [3.8, 4) is 5.75 Å². The van der Waals surface area contributed by atoms with Gasteiger partial charge in [0.15, 0.2) is 5.78 Å². The van der Waals surface area contributed by atoms with Crippen molar-refractivity contribution in [3.05, 3.63) is 35.4 Å². The summed E-state index contributed by atoms with van der Waals surface area (Å²) in [6, 6.07) is 5.60. The lowest BCUT2D eigenvalue weighted by Crippen LogP contribution is -2.48. The summed E-state index contributed by atoms with van der Waals surface area (Å²) in [5.41, 5.74) is 2.95. The highest BCUT2D eigenvalue weighted by molar-refractivity contribution is 6.01. The number of ether oxygens (including phenoxy) is 2. The maximum atomic E-state index is 11.7. The third kappa shape index (κ3) is 2.92. The van der Waals surface area contributed by atoms with Crippen LogP contribution < -0.4 is 4.74 Å². The van der Waals surface area contributed by atoms with Crippen LogP contribution in [0.1, 0.15) is 31.4 Å². The Balaban J connectivity index is 1.76. The molecule has 0 unspecified atom stereocenters. The van der Waals surface area contributed by atoms with Crippen LogP contribution in [0.2, 0.25) is 0 Å². The van der Waals surface area contributed by atoms with Gasteiger partial charge in [-0.3, -0.25) is 4.79 Å². The van der Waals surface area contributed by atoms with Crippen molar-refractivity contribution < 1.29 is 24.5 Å². The molecule has 1 aromatic rings. The maximum Gasteiger partial charge on any atom is 0.202 e. The van der Waals surface area contributed by atoms with Crippen LogP contribution in [0.25, 0.3) is 5.57 Å². The van der Waals surface area contributed by atoms with Gasteiger partial charge in [0, 0.05) is 12.8 Å². The predicted octanol–water partition coefficient (Wildman–Crippen LogP) is 1.45. The first-order valence-corrected chi connectivity index (χ1v) is 7.46. The third-order valence-corrected chi connectivity index (χ3v) is 4.19. The van der Waals surface area contributed by atoms with E-state index >= 15 is 0 Å². The van der Waals surface area contributed by atoms with E-state index in [4.69, 9.17) is 9.47 Å². The summed E-state index contributed by atoms with van der Waals surface area (Å²) in [6.45, 7) is 3.61. The molecule has 1 fully saturated rings. The van der Waals surface area contributed by atoms with E-state index in [2.05, 4.69) is 0 Å². The van der Waals surface area contributed by atoms with Crippen molar-refractivity contribution in [2.45, 2.75) is 51.3 Å². The van der Waals surface area contributed by atoms with Crippen LogP contribution in [0.4, 0.5) is 0 Å². The highest BCUT2D eigenvalue weighted by Gasteiger charge is 2.35. The Labute approximate surface area is 129 Å². The number of hydrogen-bond acceptors (Lipinski definition) is 5. The molecule has 0 saturated carbocycles. The van der Waals surface area contributed by atoms with E-state index in [1.54, 1.807) is 13.0 Å². The average molecular weight is 304 g/mol. The number of carbonyl (C=O) groups excluding carboxylic acids is 1. The van der Waals surface area contributed by atoms with Crippen LogP contribution in [0, 0.1) is 0 Å². The number of aliphatic hydroxyl groups excluding tert-OH is 2. The zero-order valence-electron chi connectivity index (χ0n) is 12.7. The zero-order valence-corrected chi connectivity index (χ0v) is 12.7. The van der Waals surface area contributed by atoms with Crippen molar-refractivity contribution in [1.82, 2.24) is 0 Å². The van der Waals surface area contributed by atoms with E-state index in [9.17, 15) is 15.0 Å². The van der Waals surface area contributed by atoms with Crippen molar-refractivity contribution in [2.24, 2.45) is 0 Å². The van der Waals surface area contributed by atoms with Gasteiger partial charge in [-0.25, -0.2) is 0 Å². The lowest BCUT2D eigenvalue weighted by Gasteiger charge is -2.35. The molecule has 118 valence electrons. The topological polar surface area (TPSA) is 76.0 Å². The molecule has 2 aliphatic rings.